The van der Waals surface area contributed by atoms with E-state index in [1.807, 2.05) is 24.3 Å². The summed E-state index contributed by atoms with van der Waals surface area (Å²) >= 11 is 11.7. The molecule has 0 saturated heterocycles. The number of rotatable bonds is 14. The number of likely N-dealkylation sites (N-methyl/N-ethyl adjacent to an activating group) is 1. The van der Waals surface area contributed by atoms with Crippen molar-refractivity contribution in [2.45, 2.75) is 107 Å². The van der Waals surface area contributed by atoms with Gasteiger partial charge in [0.2, 0.25) is 23.6 Å². The summed E-state index contributed by atoms with van der Waals surface area (Å²) in [6.07, 6.45) is -0.216. The molecule has 3 rings (SSSR count). The monoisotopic (exact) mass is 1280 g/mol. The van der Waals surface area contributed by atoms with Gasteiger partial charge in [0.05, 0.1) is 55.0 Å². The first kappa shape index (κ1) is 74.9. The smallest absolute Gasteiger partial charge is 0.223 e. The molecule has 2 bridgehead atoms. The second-order valence-corrected chi connectivity index (χ2v) is 28.6. The van der Waals surface area contributed by atoms with E-state index < -0.39 is 48.8 Å². The number of oxime groups is 1. The van der Waals surface area contributed by atoms with Crippen LogP contribution in [0.5, 0.6) is 0 Å². The van der Waals surface area contributed by atoms with E-state index in [1.54, 1.807) is 53.0 Å². The standard InChI is InChI=1S/C54H93N5O13S8/c1-5-18-56(2)51(68)14-27-77-37-48(65)45(62)35-75-25-8-21-59-32-42-12-10-41(11-13-42)31-55-72-22-9-26-76-36-46(63)49(66)39-79-29-16-53(70)58(4)19-6-23-73-33-43(60)47(64)38-78-28-15-52(69)57(3)20-7-24-74-34-44(61)50(67)40-80-30-17-54(59)71/h5,10-13,31,43-50,60-67H,1,6-9,14-30,32-40H2,2-4H3/b55-31-. The predicted octanol–water partition coefficient (Wildman–Crippen LogP) is 3.81. The van der Waals surface area contributed by atoms with Crippen molar-refractivity contribution >= 4 is 124 Å². The molecule has 8 unspecified atom stereocenters. The average molecular weight is 1280 g/mol. The first-order valence-electron chi connectivity index (χ1n) is 27.3. The summed E-state index contributed by atoms with van der Waals surface area (Å²) in [4.78, 5) is 63.5. The number of aliphatic hydroxyl groups is 8. The molecule has 0 radical (unpaired) electrons. The van der Waals surface area contributed by atoms with Crippen molar-refractivity contribution in [1.29, 1.82) is 0 Å². The number of amides is 4. The minimum atomic E-state index is -0.975. The maximum atomic E-state index is 13.7. The highest BCUT2D eigenvalue weighted by Crippen LogP contribution is 2.19. The fourth-order valence-corrected chi connectivity index (χ4v) is 14.8. The number of benzene rings is 1. The Kier molecular flexibility index (Phi) is 44.0. The second-order valence-electron chi connectivity index (χ2n) is 19.4. The van der Waals surface area contributed by atoms with Crippen LogP contribution in [0.15, 0.2) is 42.1 Å². The predicted molar refractivity (Wildman–Crippen MR) is 342 cm³/mol. The van der Waals surface area contributed by atoms with Crippen molar-refractivity contribution in [2.75, 3.05) is 146 Å². The minimum Gasteiger partial charge on any atom is -0.396 e. The number of aliphatic hydroxyl groups excluding tert-OH is 8. The molecule has 0 saturated carbocycles. The Morgan fingerprint density at radius 2 is 1.10 bits per heavy atom. The Balaban J connectivity index is 1.96. The summed E-state index contributed by atoms with van der Waals surface area (Å²) in [7, 11) is 5.22. The normalized spacial score (nSPS) is 25.0. The van der Waals surface area contributed by atoms with Crippen LogP contribution in [-0.2, 0) is 30.6 Å². The average Bonchev–Trinajstić information content (AvgIpc) is 3.44. The van der Waals surface area contributed by atoms with Crippen molar-refractivity contribution in [3.63, 3.8) is 0 Å². The molecule has 2 heterocycles. The molecular formula is C54H93N5O13S8. The summed E-state index contributed by atoms with van der Waals surface area (Å²) in [6.45, 7) is 6.42. The van der Waals surface area contributed by atoms with Gasteiger partial charge in [-0.25, -0.2) is 0 Å². The van der Waals surface area contributed by atoms with Crippen LogP contribution in [-0.4, -0.2) is 285 Å². The van der Waals surface area contributed by atoms with E-state index in [2.05, 4.69) is 11.7 Å². The molecule has 0 aromatic heterocycles. The van der Waals surface area contributed by atoms with Crippen LogP contribution in [0, 0.1) is 0 Å². The fraction of sp³-hybridized carbons (Fsp3) is 0.759. The van der Waals surface area contributed by atoms with Crippen molar-refractivity contribution in [3.05, 3.63) is 48.0 Å². The van der Waals surface area contributed by atoms with Crippen LogP contribution in [0.4, 0.5) is 0 Å². The molecule has 0 fully saturated rings. The molecule has 1 aromatic carbocycles. The lowest BCUT2D eigenvalue weighted by Crippen LogP contribution is -2.33. The Hall–Kier alpha value is -1.21. The maximum Gasteiger partial charge on any atom is 0.223 e. The number of nitrogens with zero attached hydrogens (tertiary/aromatic N) is 5. The van der Waals surface area contributed by atoms with E-state index in [9.17, 15) is 60.0 Å². The Bertz CT molecular complexity index is 1860. The van der Waals surface area contributed by atoms with Gasteiger partial charge < -0.3 is 65.3 Å². The van der Waals surface area contributed by atoms with Gasteiger partial charge in [-0.1, -0.05) is 35.5 Å². The lowest BCUT2D eigenvalue weighted by atomic mass is 10.1. The lowest BCUT2D eigenvalue weighted by Gasteiger charge is -2.24. The highest BCUT2D eigenvalue weighted by molar-refractivity contribution is 8.00. The largest absolute Gasteiger partial charge is 0.396 e. The zero-order valence-corrected chi connectivity index (χ0v) is 53.7. The summed E-state index contributed by atoms with van der Waals surface area (Å²) in [5.74, 6) is 7.23. The molecule has 0 aliphatic carbocycles. The molecule has 2 aliphatic heterocycles. The lowest BCUT2D eigenvalue weighted by molar-refractivity contribution is -0.131. The minimum absolute atomic E-state index is 0.00415. The summed E-state index contributed by atoms with van der Waals surface area (Å²) in [6, 6.07) is 7.66. The Morgan fingerprint density at radius 1 is 0.675 bits per heavy atom. The number of carbonyl (C=O) groups excluding carboxylic acids is 4. The van der Waals surface area contributed by atoms with Gasteiger partial charge in [0.15, 0.2) is 0 Å². The number of carbonyl (C=O) groups is 4. The van der Waals surface area contributed by atoms with Crippen LogP contribution < -0.4 is 0 Å². The van der Waals surface area contributed by atoms with Crippen molar-refractivity contribution < 1.29 is 64.9 Å². The fourth-order valence-electron chi connectivity index (χ4n) is 7.20. The molecule has 1 aromatic rings. The third-order valence-electron chi connectivity index (χ3n) is 12.4. The topological polar surface area (TPSA) is 265 Å². The van der Waals surface area contributed by atoms with Gasteiger partial charge in [0.25, 0.3) is 0 Å². The van der Waals surface area contributed by atoms with E-state index in [0.717, 1.165) is 17.5 Å². The van der Waals surface area contributed by atoms with Crippen LogP contribution >= 0.6 is 94.1 Å². The van der Waals surface area contributed by atoms with Crippen LogP contribution in [0.3, 0.4) is 0 Å². The zero-order valence-electron chi connectivity index (χ0n) is 47.1. The van der Waals surface area contributed by atoms with Crippen molar-refractivity contribution in [1.82, 2.24) is 19.6 Å². The molecule has 2 aliphatic rings. The number of hydrogen-bond donors (Lipinski definition) is 8. The molecule has 80 heavy (non-hydrogen) atoms. The van der Waals surface area contributed by atoms with Gasteiger partial charge in [0, 0.05) is 149 Å². The molecule has 0 spiro atoms. The van der Waals surface area contributed by atoms with Crippen LogP contribution in [0.2, 0.25) is 0 Å². The third kappa shape index (κ3) is 35.9. The van der Waals surface area contributed by atoms with Crippen LogP contribution in [0.25, 0.3) is 0 Å². The summed E-state index contributed by atoms with van der Waals surface area (Å²) in [5.41, 5.74) is 1.73. The Labute approximate surface area is 510 Å². The Morgan fingerprint density at radius 3 is 1.56 bits per heavy atom. The van der Waals surface area contributed by atoms with Gasteiger partial charge in [-0.05, 0) is 59.8 Å². The van der Waals surface area contributed by atoms with Gasteiger partial charge in [-0.3, -0.25) is 19.2 Å². The molecule has 8 N–H and O–H groups in total. The van der Waals surface area contributed by atoms with Gasteiger partial charge in [-0.2, -0.15) is 94.1 Å². The molecule has 26 heteroatoms. The van der Waals surface area contributed by atoms with E-state index in [0.29, 0.717) is 164 Å². The summed E-state index contributed by atoms with van der Waals surface area (Å²) in [5, 5.41) is 88.6. The molecule has 8 atom stereocenters. The molecule has 4 amide bonds. The van der Waals surface area contributed by atoms with Crippen LogP contribution in [0.1, 0.15) is 62.5 Å². The molecule has 18 nitrogen and oxygen atoms in total. The first-order valence-corrected chi connectivity index (χ1v) is 36.6. The molecular weight excluding hydrogens is 1180 g/mol. The van der Waals surface area contributed by atoms with Gasteiger partial charge in [-0.15, -0.1) is 6.58 Å². The number of hydrogen-bond acceptors (Lipinski definition) is 22. The summed E-state index contributed by atoms with van der Waals surface area (Å²) < 4.78 is 0. The van der Waals surface area contributed by atoms with E-state index in [-0.39, 0.29) is 35.8 Å². The van der Waals surface area contributed by atoms with E-state index in [4.69, 9.17) is 4.84 Å². The van der Waals surface area contributed by atoms with E-state index >= 15 is 0 Å². The van der Waals surface area contributed by atoms with E-state index in [1.165, 1.54) is 94.1 Å². The highest BCUT2D eigenvalue weighted by Gasteiger charge is 2.22. The third-order valence-corrected chi connectivity index (χ3v) is 21.3. The highest BCUT2D eigenvalue weighted by atomic mass is 32.2. The van der Waals surface area contributed by atoms with Crippen molar-refractivity contribution in [2.24, 2.45) is 5.16 Å². The first-order chi connectivity index (χ1) is 38.4. The van der Waals surface area contributed by atoms with Gasteiger partial charge in [0.1, 0.15) is 6.61 Å². The quantitative estimate of drug-likeness (QED) is 0.0973. The second kappa shape index (κ2) is 47.0. The maximum absolute atomic E-state index is 13.7. The number of thioether (sulfide) groups is 8. The SMILES string of the molecule is C=CCN(C)C(=O)CCSCC(O)C(O)CSCCCN1Cc2ccc(cc2)/C=N\OCCCSCC(O)C(O)CSCCC(=O)N(C)CCCSCC(O)C(O)CSCCC(=O)N(C)CCCSCC(O)C(O)CSCCC1=O. The zero-order chi connectivity index (χ0) is 58.9. The number of fused-ring (bicyclic) bond motifs is 43. The molecule has 460 valence electrons. The van der Waals surface area contributed by atoms with Gasteiger partial charge >= 0.3 is 0 Å². The van der Waals surface area contributed by atoms with Crippen molar-refractivity contribution in [3.8, 4) is 0 Å².